The largest absolute Gasteiger partial charge is 0.465 e. The molecule has 0 radical (unpaired) electrons. The van der Waals surface area contributed by atoms with Gasteiger partial charge in [-0.2, -0.15) is 0 Å². The molecule has 0 fully saturated rings. The molecule has 0 unspecified atom stereocenters. The van der Waals surface area contributed by atoms with Gasteiger partial charge in [0.1, 0.15) is 0 Å². The lowest BCUT2D eigenvalue weighted by Gasteiger charge is -2.07. The number of carbonyl (C=O) groups excluding carboxylic acids is 2. The van der Waals surface area contributed by atoms with Crippen LogP contribution in [0, 0.1) is 0 Å². The SMILES string of the molecule is COC(=O)c1ccc(NC(C)=O)c(/C=N/O)c1. The highest BCUT2D eigenvalue weighted by molar-refractivity contribution is 5.99. The minimum Gasteiger partial charge on any atom is -0.465 e. The van der Waals surface area contributed by atoms with Crippen LogP contribution in [0.5, 0.6) is 0 Å². The van der Waals surface area contributed by atoms with Gasteiger partial charge in [-0.3, -0.25) is 4.79 Å². The number of amides is 1. The van der Waals surface area contributed by atoms with E-state index in [-0.39, 0.29) is 5.91 Å². The minimum atomic E-state index is -0.507. The Morgan fingerprint density at radius 3 is 2.71 bits per heavy atom. The Kier molecular flexibility index (Phi) is 4.21. The molecule has 1 aromatic rings. The van der Waals surface area contributed by atoms with Crippen molar-refractivity contribution in [2.45, 2.75) is 6.92 Å². The topological polar surface area (TPSA) is 88.0 Å². The second kappa shape index (κ2) is 5.64. The Hall–Kier alpha value is -2.37. The van der Waals surface area contributed by atoms with Gasteiger partial charge in [0.15, 0.2) is 0 Å². The monoisotopic (exact) mass is 236 g/mol. The first-order chi connectivity index (χ1) is 8.08. The van der Waals surface area contributed by atoms with Crippen LogP contribution >= 0.6 is 0 Å². The number of rotatable bonds is 3. The predicted molar refractivity (Wildman–Crippen MR) is 61.5 cm³/mol. The molecule has 1 amide bonds. The van der Waals surface area contributed by atoms with Crippen molar-refractivity contribution in [1.29, 1.82) is 0 Å². The van der Waals surface area contributed by atoms with Crippen LogP contribution in [0.3, 0.4) is 0 Å². The number of benzene rings is 1. The van der Waals surface area contributed by atoms with Crippen LogP contribution in [-0.2, 0) is 9.53 Å². The van der Waals surface area contributed by atoms with Gasteiger partial charge in [0.2, 0.25) is 5.91 Å². The summed E-state index contributed by atoms with van der Waals surface area (Å²) in [5, 5.41) is 13.9. The van der Waals surface area contributed by atoms with Gasteiger partial charge in [0.05, 0.1) is 18.9 Å². The molecule has 0 aliphatic heterocycles. The molecule has 2 N–H and O–H groups in total. The molecule has 0 bridgehead atoms. The third kappa shape index (κ3) is 3.30. The zero-order valence-corrected chi connectivity index (χ0v) is 9.43. The first-order valence-electron chi connectivity index (χ1n) is 4.76. The van der Waals surface area contributed by atoms with E-state index in [9.17, 15) is 9.59 Å². The summed E-state index contributed by atoms with van der Waals surface area (Å²) in [7, 11) is 1.27. The molecule has 0 aromatic heterocycles. The number of esters is 1. The van der Waals surface area contributed by atoms with E-state index < -0.39 is 5.97 Å². The van der Waals surface area contributed by atoms with Gasteiger partial charge in [0.25, 0.3) is 0 Å². The summed E-state index contributed by atoms with van der Waals surface area (Å²) in [4.78, 5) is 22.2. The van der Waals surface area contributed by atoms with Crippen molar-refractivity contribution >= 4 is 23.8 Å². The summed E-state index contributed by atoms with van der Waals surface area (Å²) in [6.45, 7) is 1.36. The smallest absolute Gasteiger partial charge is 0.337 e. The van der Waals surface area contributed by atoms with Crippen LogP contribution in [0.15, 0.2) is 23.4 Å². The molecular formula is C11H12N2O4. The summed E-state index contributed by atoms with van der Waals surface area (Å²) in [6.07, 6.45) is 1.12. The van der Waals surface area contributed by atoms with Crippen LogP contribution in [0.1, 0.15) is 22.8 Å². The highest BCUT2D eigenvalue weighted by atomic mass is 16.5. The van der Waals surface area contributed by atoms with Crippen LogP contribution in [-0.4, -0.2) is 30.4 Å². The van der Waals surface area contributed by atoms with Crippen LogP contribution in [0.4, 0.5) is 5.69 Å². The first-order valence-corrected chi connectivity index (χ1v) is 4.76. The van der Waals surface area contributed by atoms with Crippen molar-refractivity contribution in [2.75, 3.05) is 12.4 Å². The first kappa shape index (κ1) is 12.7. The molecule has 0 aliphatic rings. The lowest BCUT2D eigenvalue weighted by atomic mass is 10.1. The third-order valence-corrected chi connectivity index (χ3v) is 1.98. The van der Waals surface area contributed by atoms with E-state index in [4.69, 9.17) is 5.21 Å². The molecule has 6 heteroatoms. The summed E-state index contributed by atoms with van der Waals surface area (Å²) in [5.74, 6) is -0.768. The number of hydrogen-bond donors (Lipinski definition) is 2. The molecular weight excluding hydrogens is 224 g/mol. The van der Waals surface area contributed by atoms with Gasteiger partial charge in [-0.1, -0.05) is 5.16 Å². The maximum atomic E-state index is 11.3. The number of ether oxygens (including phenoxy) is 1. The molecule has 0 atom stereocenters. The summed E-state index contributed by atoms with van der Waals surface area (Å²) >= 11 is 0. The number of nitrogens with one attached hydrogen (secondary N) is 1. The molecule has 1 rings (SSSR count). The van der Waals surface area contributed by atoms with E-state index in [0.717, 1.165) is 6.21 Å². The van der Waals surface area contributed by atoms with Crippen molar-refractivity contribution in [1.82, 2.24) is 0 Å². The van der Waals surface area contributed by atoms with Gasteiger partial charge in [0, 0.05) is 18.2 Å². The van der Waals surface area contributed by atoms with Crippen molar-refractivity contribution in [2.24, 2.45) is 5.16 Å². The molecule has 0 saturated carbocycles. The number of nitrogens with zero attached hydrogens (tertiary/aromatic N) is 1. The van der Waals surface area contributed by atoms with Crippen molar-refractivity contribution in [3.8, 4) is 0 Å². The van der Waals surface area contributed by atoms with Gasteiger partial charge < -0.3 is 15.3 Å². The second-order valence-electron chi connectivity index (χ2n) is 3.22. The average Bonchev–Trinajstić information content (AvgIpc) is 2.30. The van der Waals surface area contributed by atoms with E-state index in [0.29, 0.717) is 16.8 Å². The number of oxime groups is 1. The van der Waals surface area contributed by atoms with Gasteiger partial charge in [-0.05, 0) is 18.2 Å². The quantitative estimate of drug-likeness (QED) is 0.357. The number of anilines is 1. The normalized spacial score (nSPS) is 10.2. The van der Waals surface area contributed by atoms with E-state index in [1.807, 2.05) is 0 Å². The number of methoxy groups -OCH3 is 1. The predicted octanol–water partition coefficient (Wildman–Crippen LogP) is 1.24. The zero-order chi connectivity index (χ0) is 12.8. The lowest BCUT2D eigenvalue weighted by molar-refractivity contribution is -0.114. The van der Waals surface area contributed by atoms with Gasteiger partial charge in [-0.25, -0.2) is 4.79 Å². The molecule has 0 spiro atoms. The van der Waals surface area contributed by atoms with Crippen molar-refractivity contribution < 1.29 is 19.5 Å². The summed E-state index contributed by atoms with van der Waals surface area (Å²) in [6, 6.07) is 4.49. The Balaban J connectivity index is 3.16. The fourth-order valence-corrected chi connectivity index (χ4v) is 1.28. The highest BCUT2D eigenvalue weighted by Crippen LogP contribution is 2.16. The van der Waals surface area contributed by atoms with Crippen LogP contribution < -0.4 is 5.32 Å². The Labute approximate surface area is 97.9 Å². The minimum absolute atomic E-state index is 0.261. The van der Waals surface area contributed by atoms with Gasteiger partial charge in [-0.15, -0.1) is 0 Å². The molecule has 0 aliphatic carbocycles. The standard InChI is InChI=1S/C11H12N2O4/c1-7(14)13-10-4-3-8(11(15)17-2)5-9(10)6-12-16/h3-6,16H,1-2H3,(H,13,14)/b12-6+. The molecule has 6 nitrogen and oxygen atoms in total. The van der Waals surface area contributed by atoms with E-state index in [1.165, 1.54) is 32.2 Å². The van der Waals surface area contributed by atoms with Crippen molar-refractivity contribution in [3.05, 3.63) is 29.3 Å². The van der Waals surface area contributed by atoms with E-state index >= 15 is 0 Å². The molecule has 90 valence electrons. The average molecular weight is 236 g/mol. The lowest BCUT2D eigenvalue weighted by Crippen LogP contribution is -2.09. The van der Waals surface area contributed by atoms with Gasteiger partial charge >= 0.3 is 5.97 Å². The maximum Gasteiger partial charge on any atom is 0.337 e. The van der Waals surface area contributed by atoms with Crippen molar-refractivity contribution in [3.63, 3.8) is 0 Å². The number of carbonyl (C=O) groups is 2. The highest BCUT2D eigenvalue weighted by Gasteiger charge is 2.09. The Morgan fingerprint density at radius 2 is 2.18 bits per heavy atom. The zero-order valence-electron chi connectivity index (χ0n) is 9.43. The van der Waals surface area contributed by atoms with Crippen LogP contribution in [0.2, 0.25) is 0 Å². The number of hydrogen-bond acceptors (Lipinski definition) is 5. The summed E-state index contributed by atoms with van der Waals surface area (Å²) in [5.41, 5.74) is 1.16. The Bertz CT molecular complexity index is 469. The fraction of sp³-hybridized carbons (Fsp3) is 0.182. The molecule has 0 heterocycles. The van der Waals surface area contributed by atoms with Crippen LogP contribution in [0.25, 0.3) is 0 Å². The second-order valence-corrected chi connectivity index (χ2v) is 3.22. The molecule has 1 aromatic carbocycles. The Morgan fingerprint density at radius 1 is 1.47 bits per heavy atom. The molecule has 17 heavy (non-hydrogen) atoms. The van der Waals surface area contributed by atoms with E-state index in [2.05, 4.69) is 15.2 Å². The molecule has 0 saturated heterocycles. The third-order valence-electron chi connectivity index (χ3n) is 1.98. The maximum absolute atomic E-state index is 11.3. The van der Waals surface area contributed by atoms with E-state index in [1.54, 1.807) is 0 Å². The summed E-state index contributed by atoms with van der Waals surface area (Å²) < 4.78 is 4.56. The fourth-order valence-electron chi connectivity index (χ4n) is 1.28.